The highest BCUT2D eigenvalue weighted by atomic mass is 19.1. The lowest BCUT2D eigenvalue weighted by Gasteiger charge is -2.42. The van der Waals surface area contributed by atoms with E-state index < -0.39 is 0 Å². The van der Waals surface area contributed by atoms with Gasteiger partial charge in [0.2, 0.25) is 0 Å². The Balaban J connectivity index is 1.81. The summed E-state index contributed by atoms with van der Waals surface area (Å²) >= 11 is 0. The van der Waals surface area contributed by atoms with Gasteiger partial charge < -0.3 is 5.32 Å². The van der Waals surface area contributed by atoms with Crippen LogP contribution in [0.4, 0.5) is 10.1 Å². The number of hydrogen-bond acceptors (Lipinski definition) is 1. The van der Waals surface area contributed by atoms with Crippen LogP contribution in [-0.2, 0) is 17.3 Å². The summed E-state index contributed by atoms with van der Waals surface area (Å²) in [7, 11) is 0. The summed E-state index contributed by atoms with van der Waals surface area (Å²) in [6.45, 7) is 15.3. The van der Waals surface area contributed by atoms with Crippen molar-refractivity contribution in [2.45, 2.75) is 64.7 Å². The summed E-state index contributed by atoms with van der Waals surface area (Å²) in [6.07, 6.45) is 3.11. The van der Waals surface area contributed by atoms with E-state index in [0.717, 1.165) is 11.3 Å². The molecule has 3 rings (SSSR count). The normalized spacial score (nSPS) is 17.5. The zero-order valence-electron chi connectivity index (χ0n) is 16.7. The van der Waals surface area contributed by atoms with Gasteiger partial charge in [-0.05, 0) is 65.0 Å². The fourth-order valence-corrected chi connectivity index (χ4v) is 3.95. The average Bonchev–Trinajstić information content (AvgIpc) is 2.55. The van der Waals surface area contributed by atoms with Crippen molar-refractivity contribution in [2.24, 2.45) is 0 Å². The minimum atomic E-state index is -0.237. The molecule has 2 heteroatoms. The fraction of sp³-hybridized carbons (Fsp3) is 0.417. The number of fused-ring (bicyclic) bond motifs is 1. The fourth-order valence-electron chi connectivity index (χ4n) is 3.95. The first-order valence-electron chi connectivity index (χ1n) is 9.43. The molecule has 0 aliphatic heterocycles. The van der Waals surface area contributed by atoms with Gasteiger partial charge in [0.15, 0.2) is 0 Å². The van der Waals surface area contributed by atoms with E-state index in [9.17, 15) is 4.39 Å². The highest BCUT2D eigenvalue weighted by Gasteiger charge is 2.36. The Morgan fingerprint density at radius 1 is 1.00 bits per heavy atom. The lowest BCUT2D eigenvalue weighted by atomic mass is 9.63. The minimum absolute atomic E-state index is 0.193. The summed E-state index contributed by atoms with van der Waals surface area (Å²) < 4.78 is 14.1. The maximum Gasteiger partial charge on any atom is 0.146 e. The lowest BCUT2D eigenvalue weighted by molar-refractivity contribution is 0.331. The van der Waals surface area contributed by atoms with Crippen LogP contribution in [0.15, 0.2) is 48.7 Å². The van der Waals surface area contributed by atoms with Crippen molar-refractivity contribution in [1.82, 2.24) is 0 Å². The van der Waals surface area contributed by atoms with Crippen molar-refractivity contribution in [1.29, 1.82) is 0 Å². The maximum absolute atomic E-state index is 14.1. The molecule has 2 aromatic carbocycles. The Morgan fingerprint density at radius 2 is 1.65 bits per heavy atom. The first-order chi connectivity index (χ1) is 12.1. The number of anilines is 1. The molecule has 0 saturated heterocycles. The number of nitrogens with one attached hydrogen (secondary N) is 1. The zero-order chi connectivity index (χ0) is 19.1. The van der Waals surface area contributed by atoms with Gasteiger partial charge in [-0.1, -0.05) is 58.5 Å². The third kappa shape index (κ3) is 3.70. The van der Waals surface area contributed by atoms with Gasteiger partial charge >= 0.3 is 0 Å². The first kappa shape index (κ1) is 18.7. The lowest BCUT2D eigenvalue weighted by Crippen LogP contribution is -2.33. The smallest absolute Gasteiger partial charge is 0.146 e. The van der Waals surface area contributed by atoms with Gasteiger partial charge in [0.05, 0.1) is 5.69 Å². The van der Waals surface area contributed by atoms with Crippen LogP contribution in [0.2, 0.25) is 0 Å². The van der Waals surface area contributed by atoms with E-state index in [-0.39, 0.29) is 16.6 Å². The standard InChI is InChI=1S/C24H30FN/c1-16-7-10-22(21(25)13-16)26-17(2)14-18-8-9-19-20(15-18)24(5,6)12-11-23(19,3)4/h7-10,13,15,26H,2,11-12,14H2,1,3-6H3. The van der Waals surface area contributed by atoms with Crippen LogP contribution >= 0.6 is 0 Å². The molecular formula is C24H30FN. The summed E-state index contributed by atoms with van der Waals surface area (Å²) in [5, 5.41) is 3.13. The Hall–Kier alpha value is -2.09. The zero-order valence-corrected chi connectivity index (χ0v) is 16.7. The van der Waals surface area contributed by atoms with Crippen molar-refractivity contribution in [3.8, 4) is 0 Å². The van der Waals surface area contributed by atoms with Crippen molar-refractivity contribution < 1.29 is 4.39 Å². The van der Waals surface area contributed by atoms with Gasteiger partial charge in [-0.15, -0.1) is 0 Å². The van der Waals surface area contributed by atoms with Crippen LogP contribution in [0.3, 0.4) is 0 Å². The van der Waals surface area contributed by atoms with Crippen molar-refractivity contribution in [2.75, 3.05) is 5.32 Å². The number of aryl methyl sites for hydroxylation is 1. The van der Waals surface area contributed by atoms with E-state index in [1.54, 1.807) is 12.1 Å². The van der Waals surface area contributed by atoms with Gasteiger partial charge in [0.25, 0.3) is 0 Å². The Bertz CT molecular complexity index is 845. The van der Waals surface area contributed by atoms with E-state index in [0.29, 0.717) is 12.1 Å². The van der Waals surface area contributed by atoms with Gasteiger partial charge in [-0.3, -0.25) is 0 Å². The molecule has 1 aliphatic rings. The van der Waals surface area contributed by atoms with Gasteiger partial charge in [0.1, 0.15) is 5.82 Å². The molecular weight excluding hydrogens is 321 g/mol. The van der Waals surface area contributed by atoms with Crippen LogP contribution in [0, 0.1) is 12.7 Å². The topological polar surface area (TPSA) is 12.0 Å². The number of hydrogen-bond donors (Lipinski definition) is 1. The van der Waals surface area contributed by atoms with Gasteiger partial charge in [0, 0.05) is 12.1 Å². The third-order valence-corrected chi connectivity index (χ3v) is 5.77. The number of halogens is 1. The number of allylic oxidation sites excluding steroid dienone is 1. The average molecular weight is 352 g/mol. The molecule has 0 spiro atoms. The molecule has 1 nitrogen and oxygen atoms in total. The molecule has 0 amide bonds. The minimum Gasteiger partial charge on any atom is -0.357 e. The molecule has 1 aliphatic carbocycles. The Kier molecular flexibility index (Phi) is 4.72. The second kappa shape index (κ2) is 6.57. The molecule has 2 aromatic rings. The molecule has 138 valence electrons. The summed E-state index contributed by atoms with van der Waals surface area (Å²) in [6, 6.07) is 12.0. The highest BCUT2D eigenvalue weighted by Crippen LogP contribution is 2.46. The Morgan fingerprint density at radius 3 is 2.31 bits per heavy atom. The van der Waals surface area contributed by atoms with E-state index >= 15 is 0 Å². The number of rotatable bonds is 4. The molecule has 0 radical (unpaired) electrons. The quantitative estimate of drug-likeness (QED) is 0.650. The molecule has 0 saturated carbocycles. The van der Waals surface area contributed by atoms with E-state index in [4.69, 9.17) is 0 Å². The van der Waals surface area contributed by atoms with Crippen molar-refractivity contribution in [3.63, 3.8) is 0 Å². The molecule has 0 unspecified atom stereocenters. The molecule has 26 heavy (non-hydrogen) atoms. The molecule has 0 fully saturated rings. The van der Waals surface area contributed by atoms with Crippen molar-refractivity contribution in [3.05, 3.63) is 76.7 Å². The predicted molar refractivity (Wildman–Crippen MR) is 109 cm³/mol. The highest BCUT2D eigenvalue weighted by molar-refractivity contribution is 5.51. The summed E-state index contributed by atoms with van der Waals surface area (Å²) in [5.41, 5.74) is 6.75. The number of benzene rings is 2. The van der Waals surface area contributed by atoms with Crippen LogP contribution in [0.5, 0.6) is 0 Å². The van der Waals surface area contributed by atoms with Crippen molar-refractivity contribution >= 4 is 5.69 Å². The summed E-state index contributed by atoms with van der Waals surface area (Å²) in [4.78, 5) is 0. The maximum atomic E-state index is 14.1. The molecule has 0 heterocycles. The first-order valence-corrected chi connectivity index (χ1v) is 9.43. The Labute approximate surface area is 157 Å². The van der Waals surface area contributed by atoms with Crippen LogP contribution in [0.1, 0.15) is 62.8 Å². The van der Waals surface area contributed by atoms with Gasteiger partial charge in [-0.2, -0.15) is 0 Å². The second-order valence-corrected chi connectivity index (χ2v) is 9.04. The van der Waals surface area contributed by atoms with E-state index in [1.165, 1.54) is 29.5 Å². The SMILES string of the molecule is C=C(Cc1ccc2c(c1)C(C)(C)CCC2(C)C)Nc1ccc(C)cc1F. The molecule has 1 N–H and O–H groups in total. The van der Waals surface area contributed by atoms with E-state index in [1.807, 2.05) is 13.0 Å². The van der Waals surface area contributed by atoms with E-state index in [2.05, 4.69) is 57.8 Å². The monoisotopic (exact) mass is 351 g/mol. The van der Waals surface area contributed by atoms with Gasteiger partial charge in [-0.25, -0.2) is 4.39 Å². The predicted octanol–water partition coefficient (Wildman–Crippen LogP) is 6.65. The molecule has 0 bridgehead atoms. The second-order valence-electron chi connectivity index (χ2n) is 9.04. The third-order valence-electron chi connectivity index (χ3n) is 5.77. The molecule has 0 aromatic heterocycles. The largest absolute Gasteiger partial charge is 0.357 e. The van der Waals surface area contributed by atoms with Crippen LogP contribution in [-0.4, -0.2) is 0 Å². The van der Waals surface area contributed by atoms with Crippen LogP contribution < -0.4 is 5.32 Å². The van der Waals surface area contributed by atoms with Crippen LogP contribution in [0.25, 0.3) is 0 Å². The molecule has 0 atom stereocenters. The summed E-state index contributed by atoms with van der Waals surface area (Å²) in [5.74, 6) is -0.237.